The van der Waals surface area contributed by atoms with Gasteiger partial charge in [-0.15, -0.1) is 0 Å². The van der Waals surface area contributed by atoms with Gasteiger partial charge in [-0.3, -0.25) is 4.79 Å². The van der Waals surface area contributed by atoms with Crippen LogP contribution in [0.4, 0.5) is 0 Å². The second-order valence-electron chi connectivity index (χ2n) is 4.19. The van der Waals surface area contributed by atoms with Crippen LogP contribution in [0.25, 0.3) is 0 Å². The van der Waals surface area contributed by atoms with E-state index in [1.165, 1.54) is 6.42 Å². The maximum Gasteiger partial charge on any atom is 0.221 e. The lowest BCUT2D eigenvalue weighted by Crippen LogP contribution is -2.37. The topological polar surface area (TPSA) is 43.1 Å². The zero-order valence-corrected chi connectivity index (χ0v) is 7.39. The maximum absolute atomic E-state index is 11.0. The molecule has 1 rings (SSSR count). The van der Waals surface area contributed by atoms with E-state index in [0.717, 1.165) is 19.3 Å². The first-order chi connectivity index (χ1) is 5.04. The third kappa shape index (κ3) is 1.73. The summed E-state index contributed by atoms with van der Waals surface area (Å²) in [6, 6.07) is 0. The summed E-state index contributed by atoms with van der Waals surface area (Å²) in [5.41, 5.74) is 5.45. The van der Waals surface area contributed by atoms with Crippen LogP contribution in [-0.4, -0.2) is 5.91 Å². The van der Waals surface area contributed by atoms with Gasteiger partial charge in [-0.05, 0) is 18.3 Å². The molecule has 2 nitrogen and oxygen atoms in total. The fourth-order valence-electron chi connectivity index (χ4n) is 2.02. The highest BCUT2D eigenvalue weighted by Crippen LogP contribution is 2.39. The number of nitrogens with two attached hydrogens (primary N) is 1. The first kappa shape index (κ1) is 8.57. The Kier molecular flexibility index (Phi) is 2.21. The van der Waals surface area contributed by atoms with E-state index in [-0.39, 0.29) is 17.2 Å². The first-order valence-corrected chi connectivity index (χ1v) is 4.33. The predicted molar refractivity (Wildman–Crippen MR) is 44.9 cm³/mol. The van der Waals surface area contributed by atoms with Gasteiger partial charge in [0.1, 0.15) is 0 Å². The molecule has 0 heterocycles. The number of amides is 1. The molecule has 1 aliphatic carbocycles. The Hall–Kier alpha value is -0.530. The van der Waals surface area contributed by atoms with E-state index in [2.05, 4.69) is 13.8 Å². The Balaban J connectivity index is 2.67. The molecule has 64 valence electrons. The molecular weight excluding hydrogens is 138 g/mol. The molecule has 1 atom stereocenters. The van der Waals surface area contributed by atoms with E-state index in [0.29, 0.717) is 0 Å². The zero-order valence-electron chi connectivity index (χ0n) is 7.39. The Morgan fingerprint density at radius 3 is 2.45 bits per heavy atom. The van der Waals surface area contributed by atoms with Crippen LogP contribution in [-0.2, 0) is 4.79 Å². The highest BCUT2D eigenvalue weighted by atomic mass is 16.1. The van der Waals surface area contributed by atoms with Crippen LogP contribution >= 0.6 is 0 Å². The van der Waals surface area contributed by atoms with E-state index >= 15 is 0 Å². The third-order valence-corrected chi connectivity index (χ3v) is 2.85. The monoisotopic (exact) mass is 155 g/mol. The molecule has 1 unspecified atom stereocenters. The molecule has 2 heteroatoms. The minimum atomic E-state index is -0.116. The molecule has 0 aromatic rings. The smallest absolute Gasteiger partial charge is 0.221 e. The van der Waals surface area contributed by atoms with Gasteiger partial charge in [0.2, 0.25) is 5.91 Å². The standard InChI is InChI=1S/C9H17NO/c1-9(2)6-4-3-5-7(9)8(10)11/h7H,3-6H2,1-2H3,(H2,10,11). The summed E-state index contributed by atoms with van der Waals surface area (Å²) in [5, 5.41) is 0. The highest BCUT2D eigenvalue weighted by molar-refractivity contribution is 5.77. The zero-order chi connectivity index (χ0) is 8.48. The summed E-state index contributed by atoms with van der Waals surface area (Å²) >= 11 is 0. The van der Waals surface area contributed by atoms with Gasteiger partial charge in [0.15, 0.2) is 0 Å². The van der Waals surface area contributed by atoms with E-state index in [1.807, 2.05) is 0 Å². The van der Waals surface area contributed by atoms with Crippen LogP contribution < -0.4 is 5.73 Å². The summed E-state index contributed by atoms with van der Waals surface area (Å²) in [4.78, 5) is 11.0. The number of hydrogen-bond donors (Lipinski definition) is 1. The summed E-state index contributed by atoms with van der Waals surface area (Å²) in [6.45, 7) is 4.28. The molecule has 1 aliphatic rings. The summed E-state index contributed by atoms with van der Waals surface area (Å²) in [6.07, 6.45) is 4.54. The molecule has 1 amide bonds. The van der Waals surface area contributed by atoms with Gasteiger partial charge in [0, 0.05) is 5.92 Å². The van der Waals surface area contributed by atoms with E-state index < -0.39 is 0 Å². The van der Waals surface area contributed by atoms with Gasteiger partial charge in [-0.25, -0.2) is 0 Å². The molecule has 0 aromatic heterocycles. The second-order valence-corrected chi connectivity index (χ2v) is 4.19. The van der Waals surface area contributed by atoms with Crippen molar-refractivity contribution in [2.75, 3.05) is 0 Å². The molecule has 0 saturated heterocycles. The maximum atomic E-state index is 11.0. The minimum absolute atomic E-state index is 0.108. The largest absolute Gasteiger partial charge is 0.369 e. The Morgan fingerprint density at radius 1 is 1.45 bits per heavy atom. The molecule has 1 saturated carbocycles. The average molecular weight is 155 g/mol. The summed E-state index contributed by atoms with van der Waals surface area (Å²) in [5.74, 6) is -0.00838. The lowest BCUT2D eigenvalue weighted by atomic mass is 9.68. The van der Waals surface area contributed by atoms with Crippen molar-refractivity contribution in [1.82, 2.24) is 0 Å². The number of carbonyl (C=O) groups excluding carboxylic acids is 1. The number of carbonyl (C=O) groups is 1. The molecule has 0 aromatic carbocycles. The molecule has 11 heavy (non-hydrogen) atoms. The summed E-state index contributed by atoms with van der Waals surface area (Å²) < 4.78 is 0. The molecule has 0 spiro atoms. The fraction of sp³-hybridized carbons (Fsp3) is 0.889. The Morgan fingerprint density at radius 2 is 2.09 bits per heavy atom. The van der Waals surface area contributed by atoms with Crippen molar-refractivity contribution in [3.63, 3.8) is 0 Å². The van der Waals surface area contributed by atoms with Gasteiger partial charge < -0.3 is 5.73 Å². The molecule has 1 fully saturated rings. The number of primary amides is 1. The van der Waals surface area contributed by atoms with E-state index in [9.17, 15) is 4.79 Å². The Bertz CT molecular complexity index is 163. The summed E-state index contributed by atoms with van der Waals surface area (Å²) in [7, 11) is 0. The lowest BCUT2D eigenvalue weighted by Gasteiger charge is -2.36. The third-order valence-electron chi connectivity index (χ3n) is 2.85. The number of hydrogen-bond acceptors (Lipinski definition) is 1. The van der Waals surface area contributed by atoms with Gasteiger partial charge in [-0.2, -0.15) is 0 Å². The minimum Gasteiger partial charge on any atom is -0.369 e. The molecule has 0 aliphatic heterocycles. The van der Waals surface area contributed by atoms with E-state index in [1.54, 1.807) is 0 Å². The van der Waals surface area contributed by atoms with Crippen molar-refractivity contribution in [3.8, 4) is 0 Å². The van der Waals surface area contributed by atoms with Gasteiger partial charge in [0.25, 0.3) is 0 Å². The SMILES string of the molecule is CC1(C)CCCCC1C(N)=O. The van der Waals surface area contributed by atoms with Crippen molar-refractivity contribution >= 4 is 5.91 Å². The van der Waals surface area contributed by atoms with Gasteiger partial charge >= 0.3 is 0 Å². The normalized spacial score (nSPS) is 29.8. The van der Waals surface area contributed by atoms with Crippen LogP contribution in [0.15, 0.2) is 0 Å². The van der Waals surface area contributed by atoms with Crippen LogP contribution in [0.2, 0.25) is 0 Å². The molecule has 2 N–H and O–H groups in total. The van der Waals surface area contributed by atoms with Crippen LogP contribution in [0.1, 0.15) is 39.5 Å². The quantitative estimate of drug-likeness (QED) is 0.615. The van der Waals surface area contributed by atoms with Crippen molar-refractivity contribution < 1.29 is 4.79 Å². The number of rotatable bonds is 1. The fourth-order valence-corrected chi connectivity index (χ4v) is 2.02. The van der Waals surface area contributed by atoms with Crippen LogP contribution in [0, 0.1) is 11.3 Å². The molecular formula is C9H17NO. The first-order valence-electron chi connectivity index (χ1n) is 4.33. The average Bonchev–Trinajstić information content (AvgIpc) is 1.85. The highest BCUT2D eigenvalue weighted by Gasteiger charge is 2.35. The van der Waals surface area contributed by atoms with Crippen LogP contribution in [0.5, 0.6) is 0 Å². The molecule has 0 radical (unpaired) electrons. The van der Waals surface area contributed by atoms with E-state index in [4.69, 9.17) is 5.73 Å². The van der Waals surface area contributed by atoms with Crippen molar-refractivity contribution in [1.29, 1.82) is 0 Å². The Labute approximate surface area is 68.2 Å². The molecule has 0 bridgehead atoms. The van der Waals surface area contributed by atoms with Crippen molar-refractivity contribution in [2.24, 2.45) is 17.1 Å². The van der Waals surface area contributed by atoms with Crippen molar-refractivity contribution in [2.45, 2.75) is 39.5 Å². The predicted octanol–water partition coefficient (Wildman–Crippen LogP) is 1.69. The second kappa shape index (κ2) is 2.84. The van der Waals surface area contributed by atoms with Gasteiger partial charge in [0.05, 0.1) is 0 Å². The van der Waals surface area contributed by atoms with Crippen molar-refractivity contribution in [3.05, 3.63) is 0 Å². The van der Waals surface area contributed by atoms with Gasteiger partial charge in [-0.1, -0.05) is 26.7 Å². The van der Waals surface area contributed by atoms with Crippen LogP contribution in [0.3, 0.4) is 0 Å². The lowest BCUT2D eigenvalue weighted by molar-refractivity contribution is -0.126.